The molecule has 0 saturated carbocycles. The van der Waals surface area contributed by atoms with Crippen LogP contribution in [0, 0.1) is 0 Å². The summed E-state index contributed by atoms with van der Waals surface area (Å²) in [5.41, 5.74) is 0.961. The summed E-state index contributed by atoms with van der Waals surface area (Å²) in [7, 11) is -3.15. The number of nitrogens with one attached hydrogen (secondary N) is 1. The Morgan fingerprint density at radius 2 is 2.19 bits per heavy atom. The maximum atomic E-state index is 12.0. The first-order valence-corrected chi connectivity index (χ1v) is 8.88. The van der Waals surface area contributed by atoms with Crippen LogP contribution in [0.3, 0.4) is 0 Å². The van der Waals surface area contributed by atoms with Crippen molar-refractivity contribution in [1.29, 1.82) is 0 Å². The van der Waals surface area contributed by atoms with Crippen molar-refractivity contribution in [2.75, 3.05) is 5.75 Å². The Morgan fingerprint density at radius 1 is 1.38 bits per heavy atom. The second kappa shape index (κ2) is 5.31. The van der Waals surface area contributed by atoms with Crippen molar-refractivity contribution in [3.05, 3.63) is 46.4 Å². The van der Waals surface area contributed by atoms with Gasteiger partial charge in [0.2, 0.25) is 5.91 Å². The third-order valence-electron chi connectivity index (χ3n) is 3.32. The normalized spacial score (nSPS) is 20.0. The van der Waals surface area contributed by atoms with Crippen molar-refractivity contribution in [3.8, 4) is 0 Å². The van der Waals surface area contributed by atoms with Gasteiger partial charge in [-0.15, -0.1) is 0 Å². The van der Waals surface area contributed by atoms with Gasteiger partial charge in [-0.25, -0.2) is 8.42 Å². The summed E-state index contributed by atoms with van der Waals surface area (Å²) in [6.45, 7) is 0.162. The van der Waals surface area contributed by atoms with E-state index in [-0.39, 0.29) is 18.2 Å². The SMILES string of the molecule is O=C(Cn1ccc2cc(Br)ccc21)NC1C=CS(=O)(=O)C1. The van der Waals surface area contributed by atoms with E-state index in [0.717, 1.165) is 20.8 Å². The van der Waals surface area contributed by atoms with Gasteiger partial charge < -0.3 is 9.88 Å². The molecule has 5 nitrogen and oxygen atoms in total. The van der Waals surface area contributed by atoms with Crippen molar-refractivity contribution in [2.45, 2.75) is 12.6 Å². The number of hydrogen-bond acceptors (Lipinski definition) is 3. The molecule has 1 aromatic carbocycles. The van der Waals surface area contributed by atoms with Gasteiger partial charge in [-0.2, -0.15) is 0 Å². The topological polar surface area (TPSA) is 68.2 Å². The molecular formula is C14H13BrN2O3S. The number of amides is 1. The lowest BCUT2D eigenvalue weighted by molar-refractivity contribution is -0.121. The first-order valence-electron chi connectivity index (χ1n) is 6.38. The molecule has 1 aliphatic heterocycles. The molecule has 0 fully saturated rings. The number of hydrogen-bond donors (Lipinski definition) is 1. The van der Waals surface area contributed by atoms with E-state index in [4.69, 9.17) is 0 Å². The lowest BCUT2D eigenvalue weighted by Crippen LogP contribution is -2.37. The zero-order chi connectivity index (χ0) is 15.0. The molecule has 2 heterocycles. The van der Waals surface area contributed by atoms with Crippen molar-refractivity contribution in [2.24, 2.45) is 0 Å². The van der Waals surface area contributed by atoms with Crippen molar-refractivity contribution >= 4 is 42.6 Å². The van der Waals surface area contributed by atoms with Gasteiger partial charge in [0, 0.05) is 27.0 Å². The molecule has 1 aliphatic rings. The van der Waals surface area contributed by atoms with Gasteiger partial charge in [-0.3, -0.25) is 4.79 Å². The summed E-state index contributed by atoms with van der Waals surface area (Å²) in [6, 6.07) is 7.34. The Kier molecular flexibility index (Phi) is 3.62. The molecule has 2 aromatic rings. The molecule has 0 bridgehead atoms. The smallest absolute Gasteiger partial charge is 0.240 e. The summed E-state index contributed by atoms with van der Waals surface area (Å²) in [5.74, 6) is -0.264. The molecule has 0 radical (unpaired) electrons. The maximum absolute atomic E-state index is 12.0. The molecule has 3 rings (SSSR count). The molecule has 21 heavy (non-hydrogen) atoms. The molecule has 1 unspecified atom stereocenters. The van der Waals surface area contributed by atoms with Crippen LogP contribution in [0.4, 0.5) is 0 Å². The zero-order valence-corrected chi connectivity index (χ0v) is 13.4. The second-order valence-corrected chi connectivity index (χ2v) is 7.83. The summed E-state index contributed by atoms with van der Waals surface area (Å²) in [5, 5.41) is 4.91. The van der Waals surface area contributed by atoms with Gasteiger partial charge in [-0.05, 0) is 30.3 Å². The highest BCUT2D eigenvalue weighted by Crippen LogP contribution is 2.20. The van der Waals surface area contributed by atoms with Crippen LogP contribution >= 0.6 is 15.9 Å². The van der Waals surface area contributed by atoms with E-state index in [1.165, 1.54) is 6.08 Å². The summed E-state index contributed by atoms with van der Waals surface area (Å²) in [4.78, 5) is 12.0. The number of aromatic nitrogens is 1. The first kappa shape index (κ1) is 14.3. The zero-order valence-electron chi connectivity index (χ0n) is 11.0. The molecule has 110 valence electrons. The lowest BCUT2D eigenvalue weighted by Gasteiger charge is -2.11. The van der Waals surface area contributed by atoms with Crippen LogP contribution in [0.15, 0.2) is 46.4 Å². The average Bonchev–Trinajstić information content (AvgIpc) is 2.93. The molecule has 0 saturated heterocycles. The van der Waals surface area contributed by atoms with Crippen LogP contribution in [0.1, 0.15) is 0 Å². The average molecular weight is 369 g/mol. The molecule has 0 aliphatic carbocycles. The number of nitrogens with zero attached hydrogens (tertiary/aromatic N) is 1. The van der Waals surface area contributed by atoms with Crippen LogP contribution in [0.5, 0.6) is 0 Å². The number of benzene rings is 1. The number of carbonyl (C=O) groups excluding carboxylic acids is 1. The summed E-state index contributed by atoms with van der Waals surface area (Å²) < 4.78 is 25.4. The molecule has 1 aromatic heterocycles. The number of sulfone groups is 1. The Morgan fingerprint density at radius 3 is 2.90 bits per heavy atom. The van der Waals surface area contributed by atoms with Gasteiger partial charge in [0.05, 0.1) is 11.8 Å². The predicted octanol–water partition coefficient (Wildman–Crippen LogP) is 1.83. The molecule has 1 N–H and O–H groups in total. The molecule has 1 atom stereocenters. The van der Waals surface area contributed by atoms with E-state index in [1.54, 1.807) is 0 Å². The van der Waals surface area contributed by atoms with Crippen molar-refractivity contribution < 1.29 is 13.2 Å². The van der Waals surface area contributed by atoms with Gasteiger partial charge in [0.1, 0.15) is 6.54 Å². The third kappa shape index (κ3) is 3.19. The van der Waals surface area contributed by atoms with E-state index < -0.39 is 15.9 Å². The fourth-order valence-electron chi connectivity index (χ4n) is 2.38. The van der Waals surface area contributed by atoms with E-state index in [1.807, 2.05) is 35.0 Å². The number of carbonyl (C=O) groups is 1. The summed E-state index contributed by atoms with van der Waals surface area (Å²) in [6.07, 6.45) is 3.36. The Balaban J connectivity index is 1.71. The minimum Gasteiger partial charge on any atom is -0.347 e. The van der Waals surface area contributed by atoms with Crippen LogP contribution < -0.4 is 5.32 Å². The summed E-state index contributed by atoms with van der Waals surface area (Å²) >= 11 is 3.41. The highest BCUT2D eigenvalue weighted by molar-refractivity contribution is 9.10. The predicted molar refractivity (Wildman–Crippen MR) is 84.5 cm³/mol. The first-order chi connectivity index (χ1) is 9.93. The molecule has 0 spiro atoms. The molecule has 1 amide bonds. The van der Waals surface area contributed by atoms with Gasteiger partial charge in [0.25, 0.3) is 0 Å². The highest BCUT2D eigenvalue weighted by Gasteiger charge is 2.23. The fourth-order valence-corrected chi connectivity index (χ4v) is 4.00. The number of rotatable bonds is 3. The van der Waals surface area contributed by atoms with Gasteiger partial charge in [0.15, 0.2) is 9.84 Å². The Labute approximate surface area is 130 Å². The van der Waals surface area contributed by atoms with Crippen LogP contribution in [-0.4, -0.2) is 30.7 Å². The van der Waals surface area contributed by atoms with Crippen LogP contribution in [0.2, 0.25) is 0 Å². The quantitative estimate of drug-likeness (QED) is 0.898. The van der Waals surface area contributed by atoms with E-state index in [0.29, 0.717) is 0 Å². The van der Waals surface area contributed by atoms with E-state index in [9.17, 15) is 13.2 Å². The number of fused-ring (bicyclic) bond motifs is 1. The van der Waals surface area contributed by atoms with Gasteiger partial charge in [-0.1, -0.05) is 15.9 Å². The van der Waals surface area contributed by atoms with E-state index >= 15 is 0 Å². The van der Waals surface area contributed by atoms with Crippen molar-refractivity contribution in [3.63, 3.8) is 0 Å². The Hall–Kier alpha value is -1.60. The minimum atomic E-state index is -3.15. The monoisotopic (exact) mass is 368 g/mol. The van der Waals surface area contributed by atoms with Gasteiger partial charge >= 0.3 is 0 Å². The fraction of sp³-hybridized carbons (Fsp3) is 0.214. The lowest BCUT2D eigenvalue weighted by atomic mass is 10.2. The largest absolute Gasteiger partial charge is 0.347 e. The minimum absolute atomic E-state index is 0.0574. The standard InChI is InChI=1S/C14H13BrN2O3S/c15-11-1-2-13-10(7-11)3-5-17(13)8-14(18)16-12-4-6-21(19,20)9-12/h1-7,12H,8-9H2,(H,16,18). The van der Waals surface area contributed by atoms with E-state index in [2.05, 4.69) is 21.2 Å². The third-order valence-corrected chi connectivity index (χ3v) is 5.21. The van der Waals surface area contributed by atoms with Crippen molar-refractivity contribution in [1.82, 2.24) is 9.88 Å². The second-order valence-electron chi connectivity index (χ2n) is 4.98. The molecule has 7 heteroatoms. The highest BCUT2D eigenvalue weighted by atomic mass is 79.9. The van der Waals surface area contributed by atoms with Crippen LogP contribution in [-0.2, 0) is 21.2 Å². The Bertz CT molecular complexity index is 839. The maximum Gasteiger partial charge on any atom is 0.240 e. The van der Waals surface area contributed by atoms with Crippen LogP contribution in [0.25, 0.3) is 10.9 Å². The molecular weight excluding hydrogens is 356 g/mol. The number of halogens is 1.